The van der Waals surface area contributed by atoms with Crippen LogP contribution in [0.3, 0.4) is 0 Å². The van der Waals surface area contributed by atoms with Crippen LogP contribution in [0.25, 0.3) is 10.1 Å². The minimum absolute atomic E-state index is 0.0471. The number of benzene rings is 1. The van der Waals surface area contributed by atoms with Crippen LogP contribution in [0.1, 0.15) is 20.3 Å². The van der Waals surface area contributed by atoms with Crippen molar-refractivity contribution in [1.82, 2.24) is 5.32 Å². The number of rotatable bonds is 2. The van der Waals surface area contributed by atoms with Crippen molar-refractivity contribution >= 4 is 38.9 Å². The Hall–Kier alpha value is -1.88. The number of amides is 2. The molecule has 1 aromatic carbocycles. The first-order chi connectivity index (χ1) is 9.53. The zero-order chi connectivity index (χ0) is 14.3. The summed E-state index contributed by atoms with van der Waals surface area (Å²) < 4.78 is 1.18. The van der Waals surface area contributed by atoms with Crippen LogP contribution in [0.2, 0.25) is 0 Å². The Morgan fingerprint density at radius 2 is 2.15 bits per heavy atom. The van der Waals surface area contributed by atoms with Gasteiger partial charge in [0.2, 0.25) is 5.91 Å². The van der Waals surface area contributed by atoms with Crippen LogP contribution in [0, 0.1) is 0 Å². The zero-order valence-electron chi connectivity index (χ0n) is 11.5. The van der Waals surface area contributed by atoms with Gasteiger partial charge in [0.05, 0.1) is 0 Å². The van der Waals surface area contributed by atoms with Gasteiger partial charge in [-0.1, -0.05) is 6.92 Å². The Morgan fingerprint density at radius 3 is 2.90 bits per heavy atom. The Bertz CT molecular complexity index is 694. The fourth-order valence-electron chi connectivity index (χ4n) is 2.48. The molecule has 0 bridgehead atoms. The lowest BCUT2D eigenvalue weighted by Gasteiger charge is -2.39. The molecule has 104 valence electrons. The Labute approximate surface area is 121 Å². The van der Waals surface area contributed by atoms with Gasteiger partial charge in [-0.15, -0.1) is 11.3 Å². The van der Waals surface area contributed by atoms with E-state index >= 15 is 0 Å². The number of hydrogen-bond acceptors (Lipinski definition) is 3. The van der Waals surface area contributed by atoms with E-state index in [1.807, 2.05) is 36.6 Å². The van der Waals surface area contributed by atoms with Crippen molar-refractivity contribution in [1.29, 1.82) is 0 Å². The minimum atomic E-state index is -0.807. The van der Waals surface area contributed by atoms with Crippen LogP contribution in [-0.2, 0) is 9.59 Å². The number of nitrogens with zero attached hydrogens (tertiary/aromatic N) is 1. The van der Waals surface area contributed by atoms with Gasteiger partial charge in [0.1, 0.15) is 12.1 Å². The summed E-state index contributed by atoms with van der Waals surface area (Å²) in [5, 5.41) is 5.92. The molecule has 4 nitrogen and oxygen atoms in total. The molecule has 5 heteroatoms. The number of hydrogen-bond donors (Lipinski definition) is 1. The summed E-state index contributed by atoms with van der Waals surface area (Å²) in [5.41, 5.74) is -0.0192. The summed E-state index contributed by atoms with van der Waals surface area (Å²) in [6.07, 6.45) is 0.578. The van der Waals surface area contributed by atoms with Gasteiger partial charge in [0.15, 0.2) is 0 Å². The highest BCUT2D eigenvalue weighted by molar-refractivity contribution is 7.17. The van der Waals surface area contributed by atoms with E-state index in [0.717, 1.165) is 11.1 Å². The number of piperazine rings is 1. The van der Waals surface area contributed by atoms with Gasteiger partial charge in [-0.05, 0) is 48.4 Å². The maximum Gasteiger partial charge on any atom is 0.252 e. The normalized spacial score (nSPS) is 23.2. The van der Waals surface area contributed by atoms with Crippen molar-refractivity contribution in [3.8, 4) is 0 Å². The van der Waals surface area contributed by atoms with Crippen molar-refractivity contribution < 1.29 is 9.59 Å². The molecule has 0 radical (unpaired) electrons. The average Bonchev–Trinajstić information content (AvgIpc) is 2.90. The topological polar surface area (TPSA) is 49.4 Å². The number of carbonyl (C=O) groups excluding carboxylic acids is 2. The molecule has 2 heterocycles. The molecule has 0 saturated carbocycles. The standard InChI is InChI=1S/C15H16N2O2S/c1-3-15(2)14(19)17(9-13(18)16-15)11-4-5-12-10(8-11)6-7-20-12/h4-8H,3,9H2,1-2H3,(H,16,18). The van der Waals surface area contributed by atoms with Crippen LogP contribution < -0.4 is 10.2 Å². The molecule has 2 amide bonds. The summed E-state index contributed by atoms with van der Waals surface area (Å²) in [6, 6.07) is 7.90. The van der Waals surface area contributed by atoms with Gasteiger partial charge in [0, 0.05) is 10.4 Å². The zero-order valence-corrected chi connectivity index (χ0v) is 12.3. The highest BCUT2D eigenvalue weighted by Crippen LogP contribution is 2.29. The van der Waals surface area contributed by atoms with E-state index in [1.54, 1.807) is 23.2 Å². The van der Waals surface area contributed by atoms with Crippen LogP contribution in [0.5, 0.6) is 0 Å². The molecule has 20 heavy (non-hydrogen) atoms. The van der Waals surface area contributed by atoms with Crippen molar-refractivity contribution in [3.63, 3.8) is 0 Å². The van der Waals surface area contributed by atoms with Crippen molar-refractivity contribution in [2.45, 2.75) is 25.8 Å². The second-order valence-electron chi connectivity index (χ2n) is 5.27. The third-order valence-electron chi connectivity index (χ3n) is 3.89. The third-order valence-corrected chi connectivity index (χ3v) is 4.79. The number of thiophene rings is 1. The van der Waals surface area contributed by atoms with E-state index in [0.29, 0.717) is 6.42 Å². The second-order valence-corrected chi connectivity index (χ2v) is 6.22. The lowest BCUT2D eigenvalue weighted by Crippen LogP contribution is -2.65. The molecule has 0 spiro atoms. The highest BCUT2D eigenvalue weighted by Gasteiger charge is 2.42. The highest BCUT2D eigenvalue weighted by atomic mass is 32.1. The van der Waals surface area contributed by atoms with Gasteiger partial charge in [-0.25, -0.2) is 0 Å². The molecule has 1 unspecified atom stereocenters. The number of fused-ring (bicyclic) bond motifs is 1. The number of anilines is 1. The molecule has 1 N–H and O–H groups in total. The van der Waals surface area contributed by atoms with E-state index in [-0.39, 0.29) is 18.4 Å². The Morgan fingerprint density at radius 1 is 1.35 bits per heavy atom. The molecule has 1 aromatic heterocycles. The molecular formula is C15H16N2O2S. The van der Waals surface area contributed by atoms with E-state index in [2.05, 4.69) is 5.32 Å². The quantitative estimate of drug-likeness (QED) is 0.923. The third kappa shape index (κ3) is 1.98. The van der Waals surface area contributed by atoms with E-state index in [4.69, 9.17) is 0 Å². The molecule has 1 fully saturated rings. The van der Waals surface area contributed by atoms with Gasteiger partial charge in [-0.2, -0.15) is 0 Å². The molecule has 1 aliphatic rings. The van der Waals surface area contributed by atoms with E-state index < -0.39 is 5.54 Å². The lowest BCUT2D eigenvalue weighted by molar-refractivity contribution is -0.135. The maximum absolute atomic E-state index is 12.6. The molecule has 2 aromatic rings. The molecule has 3 rings (SSSR count). The first-order valence-electron chi connectivity index (χ1n) is 6.64. The minimum Gasteiger partial charge on any atom is -0.340 e. The van der Waals surface area contributed by atoms with Gasteiger partial charge >= 0.3 is 0 Å². The monoisotopic (exact) mass is 288 g/mol. The fourth-order valence-corrected chi connectivity index (χ4v) is 3.26. The van der Waals surface area contributed by atoms with E-state index in [1.165, 1.54) is 4.70 Å². The van der Waals surface area contributed by atoms with Crippen LogP contribution in [0.15, 0.2) is 29.6 Å². The van der Waals surface area contributed by atoms with Crippen LogP contribution in [0.4, 0.5) is 5.69 Å². The summed E-state index contributed by atoms with van der Waals surface area (Å²) >= 11 is 1.67. The largest absolute Gasteiger partial charge is 0.340 e. The average molecular weight is 288 g/mol. The van der Waals surface area contributed by atoms with Crippen molar-refractivity contribution in [2.75, 3.05) is 11.4 Å². The number of nitrogens with one attached hydrogen (secondary N) is 1. The SMILES string of the molecule is CCC1(C)NC(=O)CN(c2ccc3sccc3c2)C1=O. The first-order valence-corrected chi connectivity index (χ1v) is 7.52. The predicted molar refractivity (Wildman–Crippen MR) is 81.0 cm³/mol. The summed E-state index contributed by atoms with van der Waals surface area (Å²) in [5.74, 6) is -0.159. The Kier molecular flexibility index (Phi) is 3.01. The van der Waals surface area contributed by atoms with Gasteiger partial charge in [-0.3, -0.25) is 9.59 Å². The van der Waals surface area contributed by atoms with Crippen LogP contribution in [-0.4, -0.2) is 23.9 Å². The lowest BCUT2D eigenvalue weighted by atomic mass is 9.94. The Balaban J connectivity index is 2.02. The summed E-state index contributed by atoms with van der Waals surface area (Å²) in [6.45, 7) is 3.77. The predicted octanol–water partition coefficient (Wildman–Crippen LogP) is 2.53. The molecule has 1 aliphatic heterocycles. The fraction of sp³-hybridized carbons (Fsp3) is 0.333. The molecule has 0 aliphatic carbocycles. The molecule has 1 saturated heterocycles. The van der Waals surface area contributed by atoms with Gasteiger partial charge < -0.3 is 10.2 Å². The van der Waals surface area contributed by atoms with E-state index in [9.17, 15) is 9.59 Å². The molecular weight excluding hydrogens is 272 g/mol. The van der Waals surface area contributed by atoms with Crippen LogP contribution >= 0.6 is 11.3 Å². The van der Waals surface area contributed by atoms with Gasteiger partial charge in [0.25, 0.3) is 5.91 Å². The van der Waals surface area contributed by atoms with Crippen molar-refractivity contribution in [3.05, 3.63) is 29.6 Å². The summed E-state index contributed by atoms with van der Waals surface area (Å²) in [4.78, 5) is 26.1. The maximum atomic E-state index is 12.6. The summed E-state index contributed by atoms with van der Waals surface area (Å²) in [7, 11) is 0. The first kappa shape index (κ1) is 13.1. The second kappa shape index (κ2) is 4.59. The molecule has 1 atom stereocenters. The smallest absolute Gasteiger partial charge is 0.252 e. The van der Waals surface area contributed by atoms with Crippen molar-refractivity contribution in [2.24, 2.45) is 0 Å². The number of carbonyl (C=O) groups is 2.